The number of rotatable bonds is 10. The molecule has 0 saturated heterocycles. The molecule has 2 rings (SSSR count). The molecule has 0 spiro atoms. The van der Waals surface area contributed by atoms with Gasteiger partial charge in [0.25, 0.3) is 0 Å². The van der Waals surface area contributed by atoms with Gasteiger partial charge in [0.05, 0.1) is 17.3 Å². The predicted molar refractivity (Wildman–Crippen MR) is 115 cm³/mol. The molecule has 29 heavy (non-hydrogen) atoms. The lowest BCUT2D eigenvalue weighted by Gasteiger charge is -2.15. The summed E-state index contributed by atoms with van der Waals surface area (Å²) in [6.07, 6.45) is 0. The zero-order valence-corrected chi connectivity index (χ0v) is 18.0. The molecule has 0 aromatic heterocycles. The average molecular weight is 420 g/mol. The molecular formula is C21H29N3O4S. The van der Waals surface area contributed by atoms with Crippen LogP contribution >= 0.6 is 0 Å². The molecule has 0 amide bonds. The number of hydrogen-bond acceptors (Lipinski definition) is 5. The fourth-order valence-electron chi connectivity index (χ4n) is 2.63. The minimum Gasteiger partial charge on any atom is -0.491 e. The molecule has 0 aliphatic carbocycles. The van der Waals surface area contributed by atoms with Crippen molar-refractivity contribution in [2.24, 2.45) is 4.99 Å². The van der Waals surface area contributed by atoms with Crippen molar-refractivity contribution in [1.29, 1.82) is 0 Å². The third kappa shape index (κ3) is 7.40. The largest absolute Gasteiger partial charge is 0.491 e. The van der Waals surface area contributed by atoms with Crippen molar-refractivity contribution in [2.75, 3.05) is 39.7 Å². The van der Waals surface area contributed by atoms with Crippen LogP contribution in [0.4, 0.5) is 0 Å². The Morgan fingerprint density at radius 1 is 1.07 bits per heavy atom. The quantitative estimate of drug-likeness (QED) is 0.349. The molecule has 0 saturated carbocycles. The maximum atomic E-state index is 12.4. The van der Waals surface area contributed by atoms with Crippen LogP contribution in [0.5, 0.6) is 5.75 Å². The van der Waals surface area contributed by atoms with Gasteiger partial charge in [0.2, 0.25) is 0 Å². The van der Waals surface area contributed by atoms with Crippen LogP contribution in [-0.4, -0.2) is 54.0 Å². The van der Waals surface area contributed by atoms with E-state index in [2.05, 4.69) is 15.6 Å². The Morgan fingerprint density at radius 3 is 2.52 bits per heavy atom. The lowest BCUT2D eigenvalue weighted by Crippen LogP contribution is -2.39. The van der Waals surface area contributed by atoms with Crippen LogP contribution in [0.1, 0.15) is 11.1 Å². The van der Waals surface area contributed by atoms with E-state index in [1.54, 1.807) is 44.5 Å². The SMILES string of the molecule is CN=C(NCCS(=O)(=O)c1ccccc1)NCc1ccc(C)cc1OCCOC. The van der Waals surface area contributed by atoms with Crippen molar-refractivity contribution in [3.8, 4) is 5.75 Å². The smallest absolute Gasteiger partial charge is 0.191 e. The molecule has 0 atom stereocenters. The maximum Gasteiger partial charge on any atom is 0.191 e. The van der Waals surface area contributed by atoms with Gasteiger partial charge in [-0.2, -0.15) is 0 Å². The molecule has 7 nitrogen and oxygen atoms in total. The van der Waals surface area contributed by atoms with E-state index in [0.29, 0.717) is 30.6 Å². The topological polar surface area (TPSA) is 89.0 Å². The lowest BCUT2D eigenvalue weighted by atomic mass is 10.1. The number of nitrogens with one attached hydrogen (secondary N) is 2. The first-order valence-corrected chi connectivity index (χ1v) is 11.0. The number of aryl methyl sites for hydroxylation is 1. The summed E-state index contributed by atoms with van der Waals surface area (Å²) in [6.45, 7) is 3.74. The van der Waals surface area contributed by atoms with Crippen molar-refractivity contribution in [3.05, 3.63) is 59.7 Å². The highest BCUT2D eigenvalue weighted by Gasteiger charge is 2.13. The van der Waals surface area contributed by atoms with Gasteiger partial charge in [-0.15, -0.1) is 0 Å². The first-order chi connectivity index (χ1) is 14.0. The first kappa shape index (κ1) is 22.7. The third-order valence-corrected chi connectivity index (χ3v) is 5.94. The van der Waals surface area contributed by atoms with Gasteiger partial charge >= 0.3 is 0 Å². The number of nitrogens with zero attached hydrogens (tertiary/aromatic N) is 1. The predicted octanol–water partition coefficient (Wildman–Crippen LogP) is 2.16. The minimum atomic E-state index is -3.33. The molecule has 0 unspecified atom stereocenters. The summed E-state index contributed by atoms with van der Waals surface area (Å²) in [5, 5.41) is 6.24. The van der Waals surface area contributed by atoms with Crippen molar-refractivity contribution >= 4 is 15.8 Å². The van der Waals surface area contributed by atoms with Crippen LogP contribution in [0.15, 0.2) is 58.4 Å². The summed E-state index contributed by atoms with van der Waals surface area (Å²) in [5.74, 6) is 1.29. The van der Waals surface area contributed by atoms with Crippen LogP contribution in [0.25, 0.3) is 0 Å². The molecule has 0 bridgehead atoms. The van der Waals surface area contributed by atoms with Gasteiger partial charge in [-0.1, -0.05) is 30.3 Å². The van der Waals surface area contributed by atoms with Gasteiger partial charge in [-0.3, -0.25) is 4.99 Å². The van der Waals surface area contributed by atoms with Gasteiger partial charge in [-0.25, -0.2) is 8.42 Å². The Morgan fingerprint density at radius 2 is 1.83 bits per heavy atom. The van der Waals surface area contributed by atoms with E-state index in [9.17, 15) is 8.42 Å². The van der Waals surface area contributed by atoms with E-state index in [0.717, 1.165) is 16.9 Å². The zero-order valence-electron chi connectivity index (χ0n) is 17.1. The minimum absolute atomic E-state index is 0.0202. The van der Waals surface area contributed by atoms with E-state index in [1.807, 2.05) is 25.1 Å². The van der Waals surface area contributed by atoms with Gasteiger partial charge in [-0.05, 0) is 30.7 Å². The molecule has 0 aliphatic rings. The lowest BCUT2D eigenvalue weighted by molar-refractivity contribution is 0.145. The Balaban J connectivity index is 1.89. The monoisotopic (exact) mass is 419 g/mol. The number of aliphatic imine (C=N–C) groups is 1. The van der Waals surface area contributed by atoms with Gasteiger partial charge in [0.15, 0.2) is 15.8 Å². The maximum absolute atomic E-state index is 12.4. The highest BCUT2D eigenvalue weighted by molar-refractivity contribution is 7.91. The van der Waals surface area contributed by atoms with E-state index in [-0.39, 0.29) is 12.3 Å². The van der Waals surface area contributed by atoms with Crippen LogP contribution < -0.4 is 15.4 Å². The standard InChI is InChI=1S/C21H29N3O4S/c1-17-9-10-18(20(15-17)28-13-12-27-3)16-24-21(22-2)23-11-14-29(25,26)19-7-5-4-6-8-19/h4-10,15H,11-14,16H2,1-3H3,(H2,22,23,24). The van der Waals surface area contributed by atoms with Crippen molar-refractivity contribution < 1.29 is 17.9 Å². The van der Waals surface area contributed by atoms with Crippen LogP contribution in [0.2, 0.25) is 0 Å². The highest BCUT2D eigenvalue weighted by atomic mass is 32.2. The molecule has 8 heteroatoms. The number of benzene rings is 2. The second-order valence-corrected chi connectivity index (χ2v) is 8.55. The second-order valence-electron chi connectivity index (χ2n) is 6.44. The fraction of sp³-hybridized carbons (Fsp3) is 0.381. The Kier molecular flexibility index (Phi) is 8.95. The van der Waals surface area contributed by atoms with Crippen molar-refractivity contribution in [2.45, 2.75) is 18.4 Å². The highest BCUT2D eigenvalue weighted by Crippen LogP contribution is 2.20. The van der Waals surface area contributed by atoms with E-state index in [1.165, 1.54) is 0 Å². The number of hydrogen-bond donors (Lipinski definition) is 2. The summed E-state index contributed by atoms with van der Waals surface area (Å²) in [6, 6.07) is 14.4. The Labute approximate surface area is 173 Å². The molecular weight excluding hydrogens is 390 g/mol. The van der Waals surface area contributed by atoms with Crippen molar-refractivity contribution in [3.63, 3.8) is 0 Å². The summed E-state index contributed by atoms with van der Waals surface area (Å²) >= 11 is 0. The second kappa shape index (κ2) is 11.4. The zero-order chi connectivity index (χ0) is 21.1. The van der Waals surface area contributed by atoms with E-state index < -0.39 is 9.84 Å². The van der Waals surface area contributed by atoms with E-state index in [4.69, 9.17) is 9.47 Å². The Bertz CT molecular complexity index is 899. The number of methoxy groups -OCH3 is 1. The normalized spacial score (nSPS) is 11.9. The van der Waals surface area contributed by atoms with E-state index >= 15 is 0 Å². The van der Waals surface area contributed by atoms with Crippen LogP contribution in [-0.2, 0) is 21.1 Å². The van der Waals surface area contributed by atoms with Crippen molar-refractivity contribution in [1.82, 2.24) is 10.6 Å². The average Bonchev–Trinajstić information content (AvgIpc) is 2.72. The summed E-state index contributed by atoms with van der Waals surface area (Å²) in [5.41, 5.74) is 2.08. The summed E-state index contributed by atoms with van der Waals surface area (Å²) in [7, 11) is -0.0531. The Hall–Kier alpha value is -2.58. The fourth-order valence-corrected chi connectivity index (χ4v) is 3.80. The summed E-state index contributed by atoms with van der Waals surface area (Å²) in [4.78, 5) is 4.48. The molecule has 158 valence electrons. The molecule has 0 heterocycles. The van der Waals surface area contributed by atoms with Crippen LogP contribution in [0, 0.1) is 6.92 Å². The number of guanidine groups is 1. The number of ether oxygens (including phenoxy) is 2. The van der Waals surface area contributed by atoms with Crippen LogP contribution in [0.3, 0.4) is 0 Å². The molecule has 2 aromatic carbocycles. The van der Waals surface area contributed by atoms with Gasteiger partial charge in [0.1, 0.15) is 12.4 Å². The number of sulfone groups is 1. The molecule has 0 fully saturated rings. The molecule has 2 aromatic rings. The molecule has 0 radical (unpaired) electrons. The molecule has 2 N–H and O–H groups in total. The first-order valence-electron chi connectivity index (χ1n) is 9.40. The third-order valence-electron chi connectivity index (χ3n) is 4.20. The van der Waals surface area contributed by atoms with Gasteiger partial charge in [0, 0.05) is 32.8 Å². The van der Waals surface area contributed by atoms with Gasteiger partial charge < -0.3 is 20.1 Å². The summed E-state index contributed by atoms with van der Waals surface area (Å²) < 4.78 is 35.5. The molecule has 0 aliphatic heterocycles.